The highest BCUT2D eigenvalue weighted by atomic mass is 16.6. The van der Waals surface area contributed by atoms with Crippen molar-refractivity contribution in [2.24, 2.45) is 0 Å². The van der Waals surface area contributed by atoms with Gasteiger partial charge < -0.3 is 9.84 Å². The van der Waals surface area contributed by atoms with Crippen molar-refractivity contribution in [3.8, 4) is 5.75 Å². The number of aromatic nitrogens is 2. The average molecular weight is 460 g/mol. The van der Waals surface area contributed by atoms with Gasteiger partial charge in [-0.3, -0.25) is 24.6 Å². The fraction of sp³-hybridized carbons (Fsp3) is 0.167. The van der Waals surface area contributed by atoms with Gasteiger partial charge in [0.25, 0.3) is 11.5 Å². The third-order valence-corrected chi connectivity index (χ3v) is 5.13. The standard InChI is InChI=1S/C24H20N4O6/c1-14(2)34-18-10-6-16(7-11-18)21(29)19-20(15-4-8-17(9-5-15)28(32)33)27(23(31)22(19)30)24-25-12-3-13-26-24/h3-14,20,29H,1-2H3. The summed E-state index contributed by atoms with van der Waals surface area (Å²) in [5.74, 6) is -1.69. The Kier molecular flexibility index (Phi) is 6.05. The molecule has 3 aromatic rings. The number of aliphatic hydroxyl groups excluding tert-OH is 1. The Balaban J connectivity index is 1.85. The van der Waals surface area contributed by atoms with E-state index in [1.54, 1.807) is 30.3 Å². The van der Waals surface area contributed by atoms with Crippen molar-refractivity contribution in [2.75, 3.05) is 4.90 Å². The Morgan fingerprint density at radius 3 is 2.24 bits per heavy atom. The number of aliphatic hydroxyl groups is 1. The Morgan fingerprint density at radius 1 is 1.06 bits per heavy atom. The number of benzene rings is 2. The minimum atomic E-state index is -1.09. The number of anilines is 1. The predicted octanol–water partition coefficient (Wildman–Crippen LogP) is 3.80. The maximum Gasteiger partial charge on any atom is 0.302 e. The summed E-state index contributed by atoms with van der Waals surface area (Å²) in [6, 6.07) is 12.3. The molecule has 1 aliphatic heterocycles. The van der Waals surface area contributed by atoms with Crippen molar-refractivity contribution >= 4 is 29.1 Å². The molecule has 34 heavy (non-hydrogen) atoms. The molecule has 0 spiro atoms. The maximum absolute atomic E-state index is 13.1. The van der Waals surface area contributed by atoms with Gasteiger partial charge in [-0.05, 0) is 61.9 Å². The topological polar surface area (TPSA) is 136 Å². The second-order valence-electron chi connectivity index (χ2n) is 7.76. The van der Waals surface area contributed by atoms with Gasteiger partial charge in [0, 0.05) is 30.1 Å². The quantitative estimate of drug-likeness (QED) is 0.193. The number of ketones is 1. The van der Waals surface area contributed by atoms with Crippen LogP contribution >= 0.6 is 0 Å². The lowest BCUT2D eigenvalue weighted by molar-refractivity contribution is -0.384. The third-order valence-electron chi connectivity index (χ3n) is 5.13. The highest BCUT2D eigenvalue weighted by Gasteiger charge is 2.48. The molecule has 1 amide bonds. The number of ether oxygens (including phenoxy) is 1. The van der Waals surface area contributed by atoms with Gasteiger partial charge in [-0.1, -0.05) is 0 Å². The van der Waals surface area contributed by atoms with Crippen LogP contribution in [0, 0.1) is 10.1 Å². The Morgan fingerprint density at radius 2 is 1.68 bits per heavy atom. The van der Waals surface area contributed by atoms with E-state index in [4.69, 9.17) is 4.74 Å². The Bertz CT molecular complexity index is 1270. The first kappa shape index (κ1) is 22.6. The SMILES string of the molecule is CC(C)Oc1ccc(C(O)=C2C(=O)C(=O)N(c3ncccn3)C2c2ccc([N+](=O)[O-])cc2)cc1. The van der Waals surface area contributed by atoms with Gasteiger partial charge in [-0.2, -0.15) is 0 Å². The lowest BCUT2D eigenvalue weighted by atomic mass is 9.95. The number of nitrogens with zero attached hydrogens (tertiary/aromatic N) is 4. The van der Waals surface area contributed by atoms with Crippen LogP contribution in [0.4, 0.5) is 11.6 Å². The molecule has 2 heterocycles. The molecule has 1 fully saturated rings. The molecule has 1 unspecified atom stereocenters. The van der Waals surface area contributed by atoms with Crippen LogP contribution in [0.5, 0.6) is 5.75 Å². The van der Waals surface area contributed by atoms with Gasteiger partial charge in [0.15, 0.2) is 0 Å². The summed E-state index contributed by atoms with van der Waals surface area (Å²) in [5.41, 5.74) is 0.342. The van der Waals surface area contributed by atoms with Crippen LogP contribution in [-0.4, -0.2) is 37.8 Å². The number of carbonyl (C=O) groups excluding carboxylic acids is 2. The van der Waals surface area contributed by atoms with Crippen LogP contribution in [0.25, 0.3) is 5.76 Å². The number of nitro groups is 1. The molecule has 10 nitrogen and oxygen atoms in total. The van der Waals surface area contributed by atoms with Crippen LogP contribution in [0.15, 0.2) is 72.6 Å². The fourth-order valence-corrected chi connectivity index (χ4v) is 3.67. The number of hydrogen-bond acceptors (Lipinski definition) is 8. The van der Waals surface area contributed by atoms with E-state index in [1.165, 1.54) is 36.7 Å². The molecule has 1 atom stereocenters. The van der Waals surface area contributed by atoms with E-state index in [0.29, 0.717) is 16.9 Å². The summed E-state index contributed by atoms with van der Waals surface area (Å²) >= 11 is 0. The summed E-state index contributed by atoms with van der Waals surface area (Å²) < 4.78 is 5.61. The minimum absolute atomic E-state index is 0.0346. The van der Waals surface area contributed by atoms with Crippen LogP contribution in [0.2, 0.25) is 0 Å². The normalized spacial score (nSPS) is 17.3. The molecule has 0 aliphatic carbocycles. The van der Waals surface area contributed by atoms with Crippen LogP contribution in [-0.2, 0) is 9.59 Å². The van der Waals surface area contributed by atoms with Crippen LogP contribution < -0.4 is 9.64 Å². The average Bonchev–Trinajstić information content (AvgIpc) is 3.09. The Hall–Kier alpha value is -4.60. The largest absolute Gasteiger partial charge is 0.507 e. The number of non-ortho nitro benzene ring substituents is 1. The maximum atomic E-state index is 13.1. The third kappa shape index (κ3) is 4.20. The molecule has 2 aromatic carbocycles. The van der Waals surface area contributed by atoms with E-state index in [1.807, 2.05) is 13.8 Å². The number of nitro benzene ring substituents is 1. The zero-order valence-electron chi connectivity index (χ0n) is 18.3. The van der Waals surface area contributed by atoms with E-state index in [2.05, 4.69) is 9.97 Å². The van der Waals surface area contributed by atoms with E-state index in [0.717, 1.165) is 4.90 Å². The monoisotopic (exact) mass is 460 g/mol. The molecule has 4 rings (SSSR count). The highest BCUT2D eigenvalue weighted by Crippen LogP contribution is 2.41. The summed E-state index contributed by atoms with van der Waals surface area (Å²) in [6.07, 6.45) is 2.79. The molecular formula is C24H20N4O6. The summed E-state index contributed by atoms with van der Waals surface area (Å²) in [7, 11) is 0. The molecule has 0 saturated carbocycles. The number of hydrogen-bond donors (Lipinski definition) is 1. The van der Waals surface area contributed by atoms with E-state index >= 15 is 0 Å². The van der Waals surface area contributed by atoms with Gasteiger partial charge >= 0.3 is 5.91 Å². The smallest absolute Gasteiger partial charge is 0.302 e. The first-order valence-electron chi connectivity index (χ1n) is 10.4. The molecular weight excluding hydrogens is 440 g/mol. The van der Waals surface area contributed by atoms with Gasteiger partial charge in [-0.25, -0.2) is 9.97 Å². The van der Waals surface area contributed by atoms with Crippen molar-refractivity contribution in [1.82, 2.24) is 9.97 Å². The lowest BCUT2D eigenvalue weighted by Gasteiger charge is -2.23. The second kappa shape index (κ2) is 9.10. The van der Waals surface area contributed by atoms with Crippen molar-refractivity contribution in [3.05, 3.63) is 93.8 Å². The molecule has 1 N–H and O–H groups in total. The van der Waals surface area contributed by atoms with Gasteiger partial charge in [0.1, 0.15) is 11.5 Å². The van der Waals surface area contributed by atoms with E-state index < -0.39 is 28.4 Å². The van der Waals surface area contributed by atoms with Gasteiger partial charge in [0.05, 0.1) is 22.6 Å². The number of rotatable bonds is 6. The van der Waals surface area contributed by atoms with Crippen molar-refractivity contribution < 1.29 is 24.4 Å². The first-order chi connectivity index (χ1) is 16.3. The summed E-state index contributed by atoms with van der Waals surface area (Å²) in [6.45, 7) is 3.76. The van der Waals surface area contributed by atoms with E-state index in [9.17, 15) is 24.8 Å². The zero-order valence-corrected chi connectivity index (χ0v) is 18.3. The number of Topliss-reactive ketones (excluding diaryl/α,β-unsaturated/α-hetero) is 1. The van der Waals surface area contributed by atoms with Crippen LogP contribution in [0.1, 0.15) is 31.0 Å². The van der Waals surface area contributed by atoms with Crippen molar-refractivity contribution in [3.63, 3.8) is 0 Å². The summed E-state index contributed by atoms with van der Waals surface area (Å²) in [4.78, 5) is 45.9. The predicted molar refractivity (Wildman–Crippen MR) is 122 cm³/mol. The zero-order chi connectivity index (χ0) is 24.4. The summed E-state index contributed by atoms with van der Waals surface area (Å²) in [5, 5.41) is 22.2. The molecule has 1 saturated heterocycles. The van der Waals surface area contributed by atoms with Crippen LogP contribution in [0.3, 0.4) is 0 Å². The molecule has 10 heteroatoms. The van der Waals surface area contributed by atoms with Crippen molar-refractivity contribution in [2.45, 2.75) is 26.0 Å². The van der Waals surface area contributed by atoms with Crippen molar-refractivity contribution in [1.29, 1.82) is 0 Å². The van der Waals surface area contributed by atoms with Gasteiger partial charge in [0.2, 0.25) is 5.95 Å². The second-order valence-corrected chi connectivity index (χ2v) is 7.76. The molecule has 0 radical (unpaired) electrons. The molecule has 1 aliphatic rings. The Labute approximate surface area is 194 Å². The van der Waals surface area contributed by atoms with Gasteiger partial charge in [-0.15, -0.1) is 0 Å². The lowest BCUT2D eigenvalue weighted by Crippen LogP contribution is -2.31. The molecule has 1 aromatic heterocycles. The molecule has 172 valence electrons. The number of carbonyl (C=O) groups is 2. The van der Waals surface area contributed by atoms with E-state index in [-0.39, 0.29) is 23.3 Å². The highest BCUT2D eigenvalue weighted by molar-refractivity contribution is 6.51. The fourth-order valence-electron chi connectivity index (χ4n) is 3.67. The minimum Gasteiger partial charge on any atom is -0.507 e. The first-order valence-corrected chi connectivity index (χ1v) is 10.4. The number of amides is 1. The molecule has 0 bridgehead atoms.